The van der Waals surface area contributed by atoms with Gasteiger partial charge in [-0.25, -0.2) is 4.98 Å². The maximum absolute atomic E-state index is 11.9. The quantitative estimate of drug-likeness (QED) is 0.743. The molecule has 2 N–H and O–H groups in total. The average Bonchev–Trinajstić information content (AvgIpc) is 2.71. The molecule has 1 unspecified atom stereocenters. The van der Waals surface area contributed by atoms with Gasteiger partial charge in [-0.05, 0) is 0 Å². The van der Waals surface area contributed by atoms with Gasteiger partial charge < -0.3 is 19.9 Å². The van der Waals surface area contributed by atoms with Crippen LogP contribution in [0.4, 0.5) is 0 Å². The highest BCUT2D eigenvalue weighted by Crippen LogP contribution is 2.04. The first kappa shape index (κ1) is 13.7. The molecule has 1 rings (SSSR count). The fraction of sp³-hybridized carbons (Fsp3) is 0.636. The Kier molecular flexibility index (Phi) is 5.11. The van der Waals surface area contributed by atoms with Crippen LogP contribution in [0.1, 0.15) is 12.2 Å². The van der Waals surface area contributed by atoms with Gasteiger partial charge in [0.15, 0.2) is 0 Å². The van der Waals surface area contributed by atoms with E-state index < -0.39 is 0 Å². The van der Waals surface area contributed by atoms with Gasteiger partial charge in [0.2, 0.25) is 5.91 Å². The van der Waals surface area contributed by atoms with Crippen LogP contribution in [0.15, 0.2) is 12.4 Å². The van der Waals surface area contributed by atoms with Gasteiger partial charge in [0, 0.05) is 40.1 Å². The third-order valence-corrected chi connectivity index (χ3v) is 2.72. The summed E-state index contributed by atoms with van der Waals surface area (Å²) in [7, 11) is 5.21. The summed E-state index contributed by atoms with van der Waals surface area (Å²) in [6.07, 6.45) is 3.65. The minimum absolute atomic E-state index is 0.00491. The van der Waals surface area contributed by atoms with E-state index in [0.717, 1.165) is 5.82 Å². The lowest BCUT2D eigenvalue weighted by Gasteiger charge is -2.19. The molecule has 0 aliphatic heterocycles. The first-order chi connectivity index (χ1) is 8.08. The van der Waals surface area contributed by atoms with Crippen molar-refractivity contribution in [3.05, 3.63) is 18.2 Å². The molecule has 6 heteroatoms. The lowest BCUT2D eigenvalue weighted by atomic mass is 10.2. The molecule has 0 aliphatic carbocycles. The smallest absolute Gasteiger partial charge is 0.225 e. The molecule has 0 aliphatic rings. The lowest BCUT2D eigenvalue weighted by Crippen LogP contribution is -2.33. The zero-order valence-corrected chi connectivity index (χ0v) is 10.6. The van der Waals surface area contributed by atoms with Crippen LogP contribution < -0.4 is 5.73 Å². The van der Waals surface area contributed by atoms with Gasteiger partial charge in [-0.15, -0.1) is 0 Å². The van der Waals surface area contributed by atoms with Crippen LogP contribution in [-0.2, 0) is 23.1 Å². The van der Waals surface area contributed by atoms with E-state index in [1.165, 1.54) is 0 Å². The Bertz CT molecular complexity index is 360. The topological polar surface area (TPSA) is 73.4 Å². The third-order valence-electron chi connectivity index (χ3n) is 2.72. The van der Waals surface area contributed by atoms with Crippen molar-refractivity contribution in [2.75, 3.05) is 20.7 Å². The van der Waals surface area contributed by atoms with Crippen LogP contribution in [0.25, 0.3) is 0 Å². The Morgan fingerprint density at radius 3 is 2.88 bits per heavy atom. The summed E-state index contributed by atoms with van der Waals surface area (Å²) in [5.74, 6) is 0.855. The number of rotatable bonds is 6. The molecule has 1 amide bonds. The van der Waals surface area contributed by atoms with Gasteiger partial charge in [0.25, 0.3) is 0 Å². The van der Waals surface area contributed by atoms with Crippen molar-refractivity contribution >= 4 is 5.91 Å². The summed E-state index contributed by atoms with van der Waals surface area (Å²) in [5, 5.41) is 0. The molecule has 0 saturated heterocycles. The molecule has 0 fully saturated rings. The molecule has 1 aromatic rings. The molecule has 0 saturated carbocycles. The van der Waals surface area contributed by atoms with Crippen LogP contribution >= 0.6 is 0 Å². The molecule has 0 spiro atoms. The molecule has 1 aromatic heterocycles. The largest absolute Gasteiger partial charge is 0.380 e. The summed E-state index contributed by atoms with van der Waals surface area (Å²) in [6, 6.07) is 0. The molecular weight excluding hydrogens is 220 g/mol. The first-order valence-electron chi connectivity index (χ1n) is 5.51. The number of nitrogens with zero attached hydrogens (tertiary/aromatic N) is 3. The minimum atomic E-state index is -0.216. The van der Waals surface area contributed by atoms with Crippen LogP contribution in [0.5, 0.6) is 0 Å². The number of methoxy groups -OCH3 is 1. The van der Waals surface area contributed by atoms with Crippen molar-refractivity contribution in [3.8, 4) is 0 Å². The maximum atomic E-state index is 11.9. The lowest BCUT2D eigenvalue weighted by molar-refractivity contribution is -0.133. The fourth-order valence-corrected chi connectivity index (χ4v) is 1.46. The number of hydrogen-bond donors (Lipinski definition) is 1. The number of aryl methyl sites for hydroxylation is 1. The molecule has 96 valence electrons. The molecule has 0 bridgehead atoms. The van der Waals surface area contributed by atoms with E-state index in [9.17, 15) is 4.79 Å². The Morgan fingerprint density at radius 2 is 2.41 bits per heavy atom. The van der Waals surface area contributed by atoms with Gasteiger partial charge in [0.05, 0.1) is 19.1 Å². The van der Waals surface area contributed by atoms with Gasteiger partial charge in [0.1, 0.15) is 5.82 Å². The molecule has 0 aromatic carbocycles. The van der Waals surface area contributed by atoms with E-state index in [-0.39, 0.29) is 12.0 Å². The molecular formula is C11H20N4O2. The van der Waals surface area contributed by atoms with E-state index in [4.69, 9.17) is 10.5 Å². The standard InChI is InChI=1S/C11H20N4O2/c1-14-5-4-13-10(14)8-15(2)11(16)6-9(7-12)17-3/h4-5,9H,6-8,12H2,1-3H3. The molecule has 6 nitrogen and oxygen atoms in total. The van der Waals surface area contributed by atoms with Crippen molar-refractivity contribution in [1.29, 1.82) is 0 Å². The van der Waals surface area contributed by atoms with Crippen molar-refractivity contribution in [3.63, 3.8) is 0 Å². The van der Waals surface area contributed by atoms with E-state index in [0.29, 0.717) is 19.5 Å². The average molecular weight is 240 g/mol. The summed E-state index contributed by atoms with van der Waals surface area (Å²) in [4.78, 5) is 17.7. The molecule has 1 atom stereocenters. The van der Waals surface area contributed by atoms with E-state index in [2.05, 4.69) is 4.98 Å². The normalized spacial score (nSPS) is 12.5. The number of ether oxygens (including phenoxy) is 1. The fourth-order valence-electron chi connectivity index (χ4n) is 1.46. The predicted octanol–water partition coefficient (Wildman–Crippen LogP) is -0.258. The number of carbonyl (C=O) groups excluding carboxylic acids is 1. The summed E-state index contributed by atoms with van der Waals surface area (Å²) < 4.78 is 6.98. The Balaban J connectivity index is 2.50. The SMILES string of the molecule is COC(CN)CC(=O)N(C)Cc1nccn1C. The van der Waals surface area contributed by atoms with E-state index in [1.807, 2.05) is 17.8 Å². The number of hydrogen-bond acceptors (Lipinski definition) is 4. The monoisotopic (exact) mass is 240 g/mol. The summed E-state index contributed by atoms with van der Waals surface area (Å²) in [6.45, 7) is 0.835. The van der Waals surface area contributed by atoms with Crippen molar-refractivity contribution in [2.45, 2.75) is 19.1 Å². The number of imidazole rings is 1. The second-order valence-electron chi connectivity index (χ2n) is 4.00. The van der Waals surface area contributed by atoms with E-state index in [1.54, 1.807) is 25.3 Å². The Hall–Kier alpha value is -1.40. The highest BCUT2D eigenvalue weighted by atomic mass is 16.5. The van der Waals surface area contributed by atoms with Crippen molar-refractivity contribution in [1.82, 2.24) is 14.5 Å². The summed E-state index contributed by atoms with van der Waals surface area (Å²) in [5.41, 5.74) is 5.48. The highest BCUT2D eigenvalue weighted by molar-refractivity contribution is 5.76. The number of amides is 1. The third kappa shape index (κ3) is 3.83. The molecule has 0 radical (unpaired) electrons. The van der Waals surface area contributed by atoms with Crippen LogP contribution in [-0.4, -0.2) is 47.2 Å². The van der Waals surface area contributed by atoms with Gasteiger partial charge in [-0.1, -0.05) is 0 Å². The van der Waals surface area contributed by atoms with Crippen molar-refractivity contribution < 1.29 is 9.53 Å². The molecule has 17 heavy (non-hydrogen) atoms. The van der Waals surface area contributed by atoms with Crippen LogP contribution in [0.2, 0.25) is 0 Å². The predicted molar refractivity (Wildman–Crippen MR) is 64.2 cm³/mol. The number of aromatic nitrogens is 2. The van der Waals surface area contributed by atoms with Crippen molar-refractivity contribution in [2.24, 2.45) is 12.8 Å². The number of nitrogens with two attached hydrogens (primary N) is 1. The van der Waals surface area contributed by atoms with E-state index >= 15 is 0 Å². The van der Waals surface area contributed by atoms with Gasteiger partial charge in [-0.2, -0.15) is 0 Å². The minimum Gasteiger partial charge on any atom is -0.380 e. The van der Waals surface area contributed by atoms with Gasteiger partial charge >= 0.3 is 0 Å². The zero-order chi connectivity index (χ0) is 12.8. The van der Waals surface area contributed by atoms with Crippen LogP contribution in [0, 0.1) is 0 Å². The summed E-state index contributed by atoms with van der Waals surface area (Å²) >= 11 is 0. The highest BCUT2D eigenvalue weighted by Gasteiger charge is 2.16. The maximum Gasteiger partial charge on any atom is 0.225 e. The second-order valence-corrected chi connectivity index (χ2v) is 4.00. The van der Waals surface area contributed by atoms with Gasteiger partial charge in [-0.3, -0.25) is 4.79 Å². The Labute approximate surface area is 101 Å². The van der Waals surface area contributed by atoms with Crippen LogP contribution in [0.3, 0.4) is 0 Å². The number of carbonyl (C=O) groups is 1. The first-order valence-corrected chi connectivity index (χ1v) is 5.51. The zero-order valence-electron chi connectivity index (χ0n) is 10.6. The molecule has 1 heterocycles. The second kappa shape index (κ2) is 6.36. The Morgan fingerprint density at radius 1 is 1.71 bits per heavy atom.